The van der Waals surface area contributed by atoms with Crippen LogP contribution in [0.25, 0.3) is 5.69 Å². The SMILES string of the molecule is CC(=NNC(=O)CC#N)c1nnn(-c2cccc([N+](=O)[O-])c2)c1C. The second-order valence-corrected chi connectivity index (χ2v) is 4.78. The molecule has 0 atom stereocenters. The lowest BCUT2D eigenvalue weighted by molar-refractivity contribution is -0.384. The van der Waals surface area contributed by atoms with Crippen LogP contribution in [0.2, 0.25) is 0 Å². The lowest BCUT2D eigenvalue weighted by Crippen LogP contribution is -2.18. The van der Waals surface area contributed by atoms with Gasteiger partial charge in [-0.3, -0.25) is 14.9 Å². The number of carbonyl (C=O) groups is 1. The third-order valence-electron chi connectivity index (χ3n) is 3.11. The lowest BCUT2D eigenvalue weighted by atomic mass is 10.2. The van der Waals surface area contributed by atoms with Gasteiger partial charge in [0.05, 0.1) is 28.1 Å². The van der Waals surface area contributed by atoms with Gasteiger partial charge in [-0.2, -0.15) is 10.4 Å². The maximum Gasteiger partial charge on any atom is 0.271 e. The summed E-state index contributed by atoms with van der Waals surface area (Å²) in [5.41, 5.74) is 4.10. The van der Waals surface area contributed by atoms with Crippen molar-refractivity contribution in [2.24, 2.45) is 5.10 Å². The fraction of sp³-hybridized carbons (Fsp3) is 0.214. The van der Waals surface area contributed by atoms with Gasteiger partial charge < -0.3 is 0 Å². The van der Waals surface area contributed by atoms with E-state index in [1.807, 2.05) is 0 Å². The molecule has 1 heterocycles. The maximum atomic E-state index is 11.2. The Bertz CT molecular complexity index is 863. The summed E-state index contributed by atoms with van der Waals surface area (Å²) in [6.45, 7) is 3.35. The Hall–Kier alpha value is -3.61. The molecule has 122 valence electrons. The van der Waals surface area contributed by atoms with Crippen molar-refractivity contribution >= 4 is 17.3 Å². The number of aromatic nitrogens is 3. The highest BCUT2D eigenvalue weighted by Crippen LogP contribution is 2.18. The monoisotopic (exact) mass is 327 g/mol. The molecular weight excluding hydrogens is 314 g/mol. The summed E-state index contributed by atoms with van der Waals surface area (Å²) in [6.07, 6.45) is -0.296. The van der Waals surface area contributed by atoms with E-state index < -0.39 is 10.8 Å². The van der Waals surface area contributed by atoms with E-state index in [1.165, 1.54) is 16.8 Å². The second-order valence-electron chi connectivity index (χ2n) is 4.78. The minimum atomic E-state index is -0.527. The summed E-state index contributed by atoms with van der Waals surface area (Å²) in [6, 6.07) is 7.70. The van der Waals surface area contributed by atoms with Gasteiger partial charge in [0.15, 0.2) is 0 Å². The van der Waals surface area contributed by atoms with Crippen molar-refractivity contribution in [2.45, 2.75) is 20.3 Å². The molecule has 0 aliphatic rings. The van der Waals surface area contributed by atoms with Crippen molar-refractivity contribution in [3.63, 3.8) is 0 Å². The van der Waals surface area contributed by atoms with Gasteiger partial charge in [0.2, 0.25) is 0 Å². The van der Waals surface area contributed by atoms with Crippen LogP contribution in [0, 0.1) is 28.4 Å². The largest absolute Gasteiger partial charge is 0.272 e. The van der Waals surface area contributed by atoms with E-state index in [2.05, 4.69) is 20.8 Å². The Kier molecular flexibility index (Phi) is 4.96. The first-order valence-corrected chi connectivity index (χ1v) is 6.81. The molecule has 2 rings (SSSR count). The molecule has 1 N–H and O–H groups in total. The van der Waals surface area contributed by atoms with Gasteiger partial charge in [-0.25, -0.2) is 10.1 Å². The predicted octanol–water partition coefficient (Wildman–Crippen LogP) is 1.24. The minimum Gasteiger partial charge on any atom is -0.272 e. The van der Waals surface area contributed by atoms with Gasteiger partial charge in [0.1, 0.15) is 12.1 Å². The van der Waals surface area contributed by atoms with Gasteiger partial charge >= 0.3 is 0 Å². The summed E-state index contributed by atoms with van der Waals surface area (Å²) in [4.78, 5) is 21.6. The zero-order chi connectivity index (χ0) is 17.7. The molecule has 1 amide bonds. The number of carbonyl (C=O) groups excluding carboxylic acids is 1. The Balaban J connectivity index is 2.30. The Labute approximate surface area is 136 Å². The van der Waals surface area contributed by atoms with Crippen LogP contribution in [0.15, 0.2) is 29.4 Å². The van der Waals surface area contributed by atoms with Crippen LogP contribution < -0.4 is 5.43 Å². The van der Waals surface area contributed by atoms with Gasteiger partial charge in [-0.15, -0.1) is 5.10 Å². The third-order valence-corrected chi connectivity index (χ3v) is 3.11. The summed E-state index contributed by atoms with van der Waals surface area (Å²) < 4.78 is 1.44. The van der Waals surface area contributed by atoms with Crippen LogP contribution in [0.4, 0.5) is 5.69 Å². The van der Waals surface area contributed by atoms with Crippen molar-refractivity contribution in [1.29, 1.82) is 5.26 Å². The molecule has 1 aromatic heterocycles. The maximum absolute atomic E-state index is 11.2. The summed E-state index contributed by atoms with van der Waals surface area (Å²) in [7, 11) is 0. The first-order valence-electron chi connectivity index (χ1n) is 6.81. The molecule has 1 aromatic carbocycles. The number of amides is 1. The number of nitrogens with one attached hydrogen (secondary N) is 1. The van der Waals surface area contributed by atoms with Crippen molar-refractivity contribution in [2.75, 3.05) is 0 Å². The number of non-ortho nitro benzene ring substituents is 1. The van der Waals surface area contributed by atoms with Gasteiger partial charge in [-0.1, -0.05) is 11.3 Å². The average molecular weight is 327 g/mol. The molecular formula is C14H13N7O3. The van der Waals surface area contributed by atoms with Gasteiger partial charge in [0, 0.05) is 12.1 Å². The van der Waals surface area contributed by atoms with Crippen molar-refractivity contribution in [3.8, 4) is 11.8 Å². The molecule has 0 bridgehead atoms. The molecule has 0 unspecified atom stereocenters. The number of hydrazone groups is 1. The normalized spacial score (nSPS) is 11.0. The van der Waals surface area contributed by atoms with E-state index in [4.69, 9.17) is 5.26 Å². The molecule has 0 aliphatic carbocycles. The topological polar surface area (TPSA) is 139 Å². The Morgan fingerprint density at radius 2 is 2.29 bits per heavy atom. The van der Waals surface area contributed by atoms with Gasteiger partial charge in [0.25, 0.3) is 11.6 Å². The number of nitro benzene ring substituents is 1. The molecule has 0 fully saturated rings. The molecule has 0 aliphatic heterocycles. The molecule has 0 radical (unpaired) electrons. The van der Waals surface area contributed by atoms with E-state index in [0.29, 0.717) is 22.8 Å². The predicted molar refractivity (Wildman–Crippen MR) is 83.3 cm³/mol. The zero-order valence-corrected chi connectivity index (χ0v) is 12.9. The zero-order valence-electron chi connectivity index (χ0n) is 12.9. The third kappa shape index (κ3) is 3.58. The van der Waals surface area contributed by atoms with Crippen LogP contribution in [0.5, 0.6) is 0 Å². The van der Waals surface area contributed by atoms with Crippen LogP contribution in [-0.2, 0) is 4.79 Å². The van der Waals surface area contributed by atoms with E-state index in [-0.39, 0.29) is 12.1 Å². The number of hydrogen-bond donors (Lipinski definition) is 1. The smallest absolute Gasteiger partial charge is 0.271 e. The molecule has 10 nitrogen and oxygen atoms in total. The van der Waals surface area contributed by atoms with Crippen molar-refractivity contribution < 1.29 is 9.72 Å². The van der Waals surface area contributed by atoms with Crippen LogP contribution >= 0.6 is 0 Å². The van der Waals surface area contributed by atoms with Crippen molar-refractivity contribution in [1.82, 2.24) is 20.4 Å². The standard InChI is InChI=1S/C14H13N7O3/c1-9(16-17-13(22)6-7-15)14-10(2)20(19-18-14)11-4-3-5-12(8-11)21(23)24/h3-5,8H,6H2,1-2H3,(H,17,22). The number of nitro groups is 1. The van der Waals surface area contributed by atoms with E-state index in [9.17, 15) is 14.9 Å². The molecule has 0 saturated heterocycles. The molecule has 10 heteroatoms. The molecule has 0 saturated carbocycles. The fourth-order valence-electron chi connectivity index (χ4n) is 1.96. The van der Waals surface area contributed by atoms with Crippen LogP contribution in [0.3, 0.4) is 0 Å². The number of rotatable bonds is 5. The van der Waals surface area contributed by atoms with E-state index >= 15 is 0 Å². The highest BCUT2D eigenvalue weighted by molar-refractivity contribution is 5.98. The minimum absolute atomic E-state index is 0.0573. The number of nitriles is 1. The highest BCUT2D eigenvalue weighted by Gasteiger charge is 2.15. The number of nitrogens with zero attached hydrogens (tertiary/aromatic N) is 6. The second kappa shape index (κ2) is 7.10. The molecule has 0 spiro atoms. The summed E-state index contributed by atoms with van der Waals surface area (Å²) in [5.74, 6) is -0.527. The molecule has 24 heavy (non-hydrogen) atoms. The quantitative estimate of drug-likeness (QED) is 0.498. The van der Waals surface area contributed by atoms with E-state index in [1.54, 1.807) is 32.0 Å². The summed E-state index contributed by atoms with van der Waals surface area (Å²) in [5, 5.41) is 31.1. The first-order chi connectivity index (χ1) is 11.4. The number of hydrogen-bond acceptors (Lipinski definition) is 7. The number of benzene rings is 1. The van der Waals surface area contributed by atoms with E-state index in [0.717, 1.165) is 0 Å². The summed E-state index contributed by atoms with van der Waals surface area (Å²) >= 11 is 0. The average Bonchev–Trinajstić information content (AvgIpc) is 2.94. The van der Waals surface area contributed by atoms with Crippen LogP contribution in [-0.4, -0.2) is 31.5 Å². The van der Waals surface area contributed by atoms with Crippen molar-refractivity contribution in [3.05, 3.63) is 45.8 Å². The Morgan fingerprint density at radius 3 is 2.96 bits per heavy atom. The van der Waals surface area contributed by atoms with Crippen LogP contribution in [0.1, 0.15) is 24.7 Å². The lowest BCUT2D eigenvalue weighted by Gasteiger charge is -2.04. The van der Waals surface area contributed by atoms with Gasteiger partial charge in [-0.05, 0) is 19.9 Å². The Morgan fingerprint density at radius 1 is 1.54 bits per heavy atom. The molecule has 2 aromatic rings. The fourth-order valence-corrected chi connectivity index (χ4v) is 1.96. The highest BCUT2D eigenvalue weighted by atomic mass is 16.6. The first kappa shape index (κ1) is 16.8.